The van der Waals surface area contributed by atoms with E-state index < -0.39 is 0 Å². The van der Waals surface area contributed by atoms with E-state index in [1.165, 1.54) is 0 Å². The highest BCUT2D eigenvalue weighted by Gasteiger charge is 2.17. The maximum absolute atomic E-state index is 12.0. The quantitative estimate of drug-likeness (QED) is 0.773. The molecule has 0 bridgehead atoms. The van der Waals surface area contributed by atoms with Crippen molar-refractivity contribution in [3.63, 3.8) is 0 Å². The molecular formula is C15H19NO. The van der Waals surface area contributed by atoms with Gasteiger partial charge in [0.25, 0.3) is 0 Å². The average molecular weight is 229 g/mol. The van der Waals surface area contributed by atoms with Gasteiger partial charge in [-0.15, -0.1) is 6.42 Å². The summed E-state index contributed by atoms with van der Waals surface area (Å²) in [6.07, 6.45) is 7.17. The van der Waals surface area contributed by atoms with Crippen LogP contribution >= 0.6 is 0 Å². The van der Waals surface area contributed by atoms with Crippen molar-refractivity contribution in [1.29, 1.82) is 0 Å². The Balaban J connectivity index is 2.62. The summed E-state index contributed by atoms with van der Waals surface area (Å²) in [5, 5.41) is 2.89. The Kier molecular flexibility index (Phi) is 5.29. The zero-order valence-electron chi connectivity index (χ0n) is 10.4. The molecule has 2 unspecified atom stereocenters. The Morgan fingerprint density at radius 1 is 1.41 bits per heavy atom. The molecule has 0 heterocycles. The molecule has 0 spiro atoms. The van der Waals surface area contributed by atoms with Gasteiger partial charge in [-0.3, -0.25) is 4.79 Å². The van der Waals surface area contributed by atoms with Gasteiger partial charge in [0.1, 0.15) is 0 Å². The van der Waals surface area contributed by atoms with Gasteiger partial charge in [0.2, 0.25) is 5.91 Å². The minimum Gasteiger partial charge on any atom is -0.342 e. The van der Waals surface area contributed by atoms with Crippen molar-refractivity contribution in [3.8, 4) is 12.3 Å². The minimum absolute atomic E-state index is 0.00685. The molecule has 0 aromatic heterocycles. The van der Waals surface area contributed by atoms with Crippen LogP contribution in [-0.4, -0.2) is 11.9 Å². The van der Waals surface area contributed by atoms with Gasteiger partial charge in [0, 0.05) is 0 Å². The highest BCUT2D eigenvalue weighted by molar-refractivity contribution is 5.83. The van der Waals surface area contributed by atoms with Crippen molar-refractivity contribution >= 4 is 5.91 Å². The fourth-order valence-electron chi connectivity index (χ4n) is 1.68. The van der Waals surface area contributed by atoms with Crippen LogP contribution in [0.1, 0.15) is 38.2 Å². The van der Waals surface area contributed by atoms with Crippen LogP contribution in [0.25, 0.3) is 0 Å². The highest BCUT2D eigenvalue weighted by Crippen LogP contribution is 2.14. The van der Waals surface area contributed by atoms with Gasteiger partial charge in [-0.2, -0.15) is 0 Å². The molecule has 0 saturated carbocycles. The summed E-state index contributed by atoms with van der Waals surface area (Å²) in [5.41, 5.74) is 1.01. The topological polar surface area (TPSA) is 29.1 Å². The molecular weight excluding hydrogens is 210 g/mol. The number of nitrogens with one attached hydrogen (secondary N) is 1. The largest absolute Gasteiger partial charge is 0.342 e. The molecule has 0 aliphatic rings. The summed E-state index contributed by atoms with van der Waals surface area (Å²) >= 11 is 0. The van der Waals surface area contributed by atoms with E-state index in [1.54, 1.807) is 0 Å². The first kappa shape index (κ1) is 13.3. The van der Waals surface area contributed by atoms with E-state index in [9.17, 15) is 4.79 Å². The monoisotopic (exact) mass is 229 g/mol. The van der Waals surface area contributed by atoms with Crippen LogP contribution in [-0.2, 0) is 4.79 Å². The van der Waals surface area contributed by atoms with Gasteiger partial charge in [-0.05, 0) is 18.9 Å². The molecule has 1 aromatic carbocycles. The first-order chi connectivity index (χ1) is 8.19. The molecule has 2 nitrogen and oxygen atoms in total. The maximum atomic E-state index is 12.0. The van der Waals surface area contributed by atoms with Crippen LogP contribution in [0.5, 0.6) is 0 Å². The van der Waals surface area contributed by atoms with E-state index >= 15 is 0 Å². The molecule has 0 saturated heterocycles. The number of terminal acetylenes is 1. The summed E-state index contributed by atoms with van der Waals surface area (Å²) < 4.78 is 0. The Morgan fingerprint density at radius 2 is 2.06 bits per heavy atom. The summed E-state index contributed by atoms with van der Waals surface area (Å²) in [6, 6.07) is 9.56. The van der Waals surface area contributed by atoms with Crippen LogP contribution in [0.4, 0.5) is 0 Å². The third-order valence-electron chi connectivity index (χ3n) is 2.79. The van der Waals surface area contributed by atoms with Crippen LogP contribution in [0, 0.1) is 12.3 Å². The SMILES string of the molecule is C#CC(CCC)NC(=O)C(C)c1ccccc1. The molecule has 0 fully saturated rings. The number of rotatable bonds is 5. The standard InChI is InChI=1S/C15H19NO/c1-4-9-14(5-2)16-15(17)12(3)13-10-7-6-8-11-13/h2,6-8,10-12,14H,4,9H2,1,3H3,(H,16,17). The van der Waals surface area contributed by atoms with Gasteiger partial charge >= 0.3 is 0 Å². The summed E-state index contributed by atoms with van der Waals surface area (Å²) in [4.78, 5) is 12.0. The van der Waals surface area contributed by atoms with Gasteiger partial charge in [0.15, 0.2) is 0 Å². The molecule has 1 amide bonds. The van der Waals surface area contributed by atoms with E-state index in [1.807, 2.05) is 37.3 Å². The Labute approximate surface area is 103 Å². The van der Waals surface area contributed by atoms with Crippen molar-refractivity contribution < 1.29 is 4.79 Å². The van der Waals surface area contributed by atoms with Crippen molar-refractivity contribution in [2.24, 2.45) is 0 Å². The third-order valence-corrected chi connectivity index (χ3v) is 2.79. The average Bonchev–Trinajstić information content (AvgIpc) is 2.38. The summed E-state index contributed by atoms with van der Waals surface area (Å²) in [5.74, 6) is 2.44. The van der Waals surface area contributed by atoms with Crippen LogP contribution in [0.15, 0.2) is 30.3 Å². The van der Waals surface area contributed by atoms with E-state index in [2.05, 4.69) is 18.2 Å². The molecule has 2 heteroatoms. The molecule has 1 rings (SSSR count). The molecule has 2 atom stereocenters. The van der Waals surface area contributed by atoms with Gasteiger partial charge in [0.05, 0.1) is 12.0 Å². The molecule has 0 aliphatic carbocycles. The minimum atomic E-state index is -0.163. The Morgan fingerprint density at radius 3 is 2.59 bits per heavy atom. The second-order valence-corrected chi connectivity index (χ2v) is 4.15. The third kappa shape index (κ3) is 3.96. The van der Waals surface area contributed by atoms with Crippen molar-refractivity contribution in [3.05, 3.63) is 35.9 Å². The van der Waals surface area contributed by atoms with Crippen LogP contribution in [0.3, 0.4) is 0 Å². The normalized spacial score (nSPS) is 13.5. The molecule has 17 heavy (non-hydrogen) atoms. The summed E-state index contributed by atoms with van der Waals surface area (Å²) in [6.45, 7) is 3.95. The lowest BCUT2D eigenvalue weighted by Crippen LogP contribution is -2.36. The zero-order valence-corrected chi connectivity index (χ0v) is 10.4. The van der Waals surface area contributed by atoms with Gasteiger partial charge < -0.3 is 5.32 Å². The highest BCUT2D eigenvalue weighted by atomic mass is 16.1. The van der Waals surface area contributed by atoms with Crippen molar-refractivity contribution in [1.82, 2.24) is 5.32 Å². The lowest BCUT2D eigenvalue weighted by atomic mass is 10.00. The Hall–Kier alpha value is -1.75. The van der Waals surface area contributed by atoms with Gasteiger partial charge in [-0.1, -0.05) is 49.6 Å². The maximum Gasteiger partial charge on any atom is 0.228 e. The van der Waals surface area contributed by atoms with Crippen LogP contribution in [0.2, 0.25) is 0 Å². The second-order valence-electron chi connectivity index (χ2n) is 4.15. The first-order valence-electron chi connectivity index (χ1n) is 6.00. The smallest absolute Gasteiger partial charge is 0.228 e. The molecule has 0 radical (unpaired) electrons. The number of carbonyl (C=O) groups excluding carboxylic acids is 1. The number of benzene rings is 1. The van der Waals surface area contributed by atoms with Gasteiger partial charge in [-0.25, -0.2) is 0 Å². The van der Waals surface area contributed by atoms with E-state index in [-0.39, 0.29) is 17.9 Å². The molecule has 1 aromatic rings. The van der Waals surface area contributed by atoms with Crippen LogP contribution < -0.4 is 5.32 Å². The van der Waals surface area contributed by atoms with Crippen molar-refractivity contribution in [2.45, 2.75) is 38.6 Å². The predicted molar refractivity (Wildman–Crippen MR) is 70.5 cm³/mol. The fourth-order valence-corrected chi connectivity index (χ4v) is 1.68. The lowest BCUT2D eigenvalue weighted by Gasteiger charge is -2.16. The van der Waals surface area contributed by atoms with E-state index in [0.717, 1.165) is 18.4 Å². The second kappa shape index (κ2) is 6.75. The number of hydrogen-bond donors (Lipinski definition) is 1. The molecule has 1 N–H and O–H groups in total. The molecule has 0 aliphatic heterocycles. The summed E-state index contributed by atoms with van der Waals surface area (Å²) in [7, 11) is 0. The lowest BCUT2D eigenvalue weighted by molar-refractivity contribution is -0.122. The molecule has 90 valence electrons. The van der Waals surface area contributed by atoms with Crippen molar-refractivity contribution in [2.75, 3.05) is 0 Å². The number of carbonyl (C=O) groups is 1. The predicted octanol–water partition coefficient (Wildman–Crippen LogP) is 2.71. The van der Waals surface area contributed by atoms with E-state index in [4.69, 9.17) is 6.42 Å². The first-order valence-corrected chi connectivity index (χ1v) is 6.00. The van der Waals surface area contributed by atoms with E-state index in [0.29, 0.717) is 0 Å². The fraction of sp³-hybridized carbons (Fsp3) is 0.400. The number of amides is 1. The Bertz CT molecular complexity index is 391. The zero-order chi connectivity index (χ0) is 12.7. The number of hydrogen-bond acceptors (Lipinski definition) is 1.